The van der Waals surface area contributed by atoms with Gasteiger partial charge in [-0.2, -0.15) is 0 Å². The summed E-state index contributed by atoms with van der Waals surface area (Å²) < 4.78 is 5.40. The molecule has 0 amide bonds. The third-order valence-corrected chi connectivity index (χ3v) is 3.43. The second kappa shape index (κ2) is 7.31. The van der Waals surface area contributed by atoms with Gasteiger partial charge in [0.1, 0.15) is 0 Å². The van der Waals surface area contributed by atoms with Crippen LogP contribution in [0.1, 0.15) is 51.9 Å². The van der Waals surface area contributed by atoms with Crippen molar-refractivity contribution in [1.82, 2.24) is 0 Å². The van der Waals surface area contributed by atoms with Gasteiger partial charge in [0, 0.05) is 0 Å². The third-order valence-electron chi connectivity index (χ3n) is 3.43. The van der Waals surface area contributed by atoms with E-state index in [1.807, 2.05) is 12.2 Å². The molecular weight excluding hydrogens is 212 g/mol. The molecule has 0 heterocycles. The van der Waals surface area contributed by atoms with Gasteiger partial charge in [-0.3, -0.25) is 4.79 Å². The fourth-order valence-electron chi connectivity index (χ4n) is 2.33. The van der Waals surface area contributed by atoms with Gasteiger partial charge in [0.05, 0.1) is 12.0 Å². The number of hydrogen-bond acceptors (Lipinski definition) is 2. The van der Waals surface area contributed by atoms with Crippen LogP contribution in [0.25, 0.3) is 0 Å². The molecule has 0 spiro atoms. The van der Waals surface area contributed by atoms with Crippen LogP contribution < -0.4 is 0 Å². The molecular formula is C15H24O2. The van der Waals surface area contributed by atoms with Crippen molar-refractivity contribution < 1.29 is 9.53 Å². The lowest BCUT2D eigenvalue weighted by molar-refractivity contribution is -0.154. The average molecular weight is 236 g/mol. The predicted octanol–water partition coefficient (Wildman–Crippen LogP) is 4.02. The number of hydrogen-bond donors (Lipinski definition) is 0. The number of allylic oxidation sites excluding steroid dienone is 2. The first-order valence-corrected chi connectivity index (χ1v) is 6.72. The Labute approximate surface area is 105 Å². The lowest BCUT2D eigenvalue weighted by Gasteiger charge is -2.32. The molecule has 1 fully saturated rings. The molecule has 1 saturated carbocycles. The Morgan fingerprint density at radius 2 is 2.06 bits per heavy atom. The van der Waals surface area contributed by atoms with Crippen molar-refractivity contribution in [3.05, 3.63) is 24.8 Å². The Balaban J connectivity index is 2.64. The van der Waals surface area contributed by atoms with Crippen LogP contribution in [0.15, 0.2) is 24.8 Å². The quantitative estimate of drug-likeness (QED) is 0.395. The summed E-state index contributed by atoms with van der Waals surface area (Å²) in [6, 6.07) is 0. The van der Waals surface area contributed by atoms with Gasteiger partial charge in [-0.1, -0.05) is 57.4 Å². The summed E-state index contributed by atoms with van der Waals surface area (Å²) in [6.45, 7) is 6.33. The molecule has 0 aromatic carbocycles. The average Bonchev–Trinajstić information content (AvgIpc) is 2.37. The van der Waals surface area contributed by atoms with E-state index in [4.69, 9.17) is 4.74 Å². The summed E-state index contributed by atoms with van der Waals surface area (Å²) in [6.07, 6.45) is 12.9. The zero-order valence-corrected chi connectivity index (χ0v) is 10.9. The molecule has 0 aromatic heterocycles. The van der Waals surface area contributed by atoms with Crippen molar-refractivity contribution in [2.24, 2.45) is 5.41 Å². The second-order valence-corrected chi connectivity index (χ2v) is 4.80. The van der Waals surface area contributed by atoms with Crippen molar-refractivity contribution in [2.75, 3.05) is 6.61 Å². The Morgan fingerprint density at radius 1 is 1.35 bits per heavy atom. The molecule has 0 unspecified atom stereocenters. The van der Waals surface area contributed by atoms with Gasteiger partial charge in [-0.05, 0) is 19.3 Å². The number of carbonyl (C=O) groups is 1. The van der Waals surface area contributed by atoms with E-state index < -0.39 is 0 Å². The maximum atomic E-state index is 12.2. The minimum absolute atomic E-state index is 0.0382. The topological polar surface area (TPSA) is 26.3 Å². The number of ether oxygens (including phenoxy) is 1. The SMILES string of the molecule is C=CC=CC1(C(=O)OCCCC)CCCCC1. The van der Waals surface area contributed by atoms with Crippen LogP contribution in [-0.2, 0) is 9.53 Å². The first kappa shape index (κ1) is 14.0. The van der Waals surface area contributed by atoms with Crippen molar-refractivity contribution in [1.29, 1.82) is 0 Å². The minimum atomic E-state index is -0.375. The summed E-state index contributed by atoms with van der Waals surface area (Å²) in [7, 11) is 0. The Hall–Kier alpha value is -1.05. The molecule has 1 aliphatic carbocycles. The number of carbonyl (C=O) groups excluding carboxylic acids is 1. The van der Waals surface area contributed by atoms with Crippen molar-refractivity contribution >= 4 is 5.97 Å². The maximum absolute atomic E-state index is 12.2. The minimum Gasteiger partial charge on any atom is -0.465 e. The van der Waals surface area contributed by atoms with Gasteiger partial charge >= 0.3 is 5.97 Å². The molecule has 0 aromatic rings. The number of unbranched alkanes of at least 4 members (excludes halogenated alkanes) is 1. The first-order valence-electron chi connectivity index (χ1n) is 6.72. The molecule has 0 saturated heterocycles. The summed E-state index contributed by atoms with van der Waals surface area (Å²) in [5.41, 5.74) is -0.375. The van der Waals surface area contributed by atoms with Gasteiger partial charge < -0.3 is 4.74 Å². The normalized spacial score (nSPS) is 19.1. The molecule has 2 heteroatoms. The van der Waals surface area contributed by atoms with E-state index in [-0.39, 0.29) is 11.4 Å². The monoisotopic (exact) mass is 236 g/mol. The Morgan fingerprint density at radius 3 is 2.65 bits per heavy atom. The highest BCUT2D eigenvalue weighted by Gasteiger charge is 2.38. The van der Waals surface area contributed by atoms with Gasteiger partial charge in [0.25, 0.3) is 0 Å². The van der Waals surface area contributed by atoms with Crippen LogP contribution in [0.4, 0.5) is 0 Å². The molecule has 2 nitrogen and oxygen atoms in total. The zero-order valence-electron chi connectivity index (χ0n) is 10.9. The van der Waals surface area contributed by atoms with Crippen molar-refractivity contribution in [3.8, 4) is 0 Å². The van der Waals surface area contributed by atoms with Gasteiger partial charge in [-0.15, -0.1) is 0 Å². The van der Waals surface area contributed by atoms with E-state index >= 15 is 0 Å². The van der Waals surface area contributed by atoms with Crippen molar-refractivity contribution in [2.45, 2.75) is 51.9 Å². The van der Waals surface area contributed by atoms with Crippen molar-refractivity contribution in [3.63, 3.8) is 0 Å². The fraction of sp³-hybridized carbons (Fsp3) is 0.667. The van der Waals surface area contributed by atoms with Gasteiger partial charge in [0.2, 0.25) is 0 Å². The molecule has 0 bridgehead atoms. The second-order valence-electron chi connectivity index (χ2n) is 4.80. The van der Waals surface area contributed by atoms with E-state index in [0.717, 1.165) is 38.5 Å². The molecule has 0 radical (unpaired) electrons. The maximum Gasteiger partial charge on any atom is 0.315 e. The van der Waals surface area contributed by atoms with Crippen LogP contribution in [0.2, 0.25) is 0 Å². The van der Waals surface area contributed by atoms with Crippen LogP contribution in [0.5, 0.6) is 0 Å². The summed E-state index contributed by atoms with van der Waals surface area (Å²) >= 11 is 0. The fourth-order valence-corrected chi connectivity index (χ4v) is 2.33. The number of esters is 1. The highest BCUT2D eigenvalue weighted by molar-refractivity contribution is 5.79. The molecule has 0 N–H and O–H groups in total. The predicted molar refractivity (Wildman–Crippen MR) is 70.7 cm³/mol. The van der Waals surface area contributed by atoms with Crippen LogP contribution in [0, 0.1) is 5.41 Å². The van der Waals surface area contributed by atoms with E-state index in [1.54, 1.807) is 6.08 Å². The largest absolute Gasteiger partial charge is 0.465 e. The van der Waals surface area contributed by atoms with Crippen LogP contribution >= 0.6 is 0 Å². The molecule has 1 rings (SSSR count). The Kier molecular flexibility index (Phi) is 6.03. The van der Waals surface area contributed by atoms with E-state index in [1.165, 1.54) is 6.42 Å². The molecule has 0 atom stereocenters. The van der Waals surface area contributed by atoms with E-state index in [0.29, 0.717) is 6.61 Å². The first-order chi connectivity index (χ1) is 8.25. The van der Waals surface area contributed by atoms with Gasteiger partial charge in [-0.25, -0.2) is 0 Å². The third kappa shape index (κ3) is 4.03. The summed E-state index contributed by atoms with van der Waals surface area (Å²) in [4.78, 5) is 12.2. The molecule has 1 aliphatic rings. The summed E-state index contributed by atoms with van der Waals surface area (Å²) in [5.74, 6) is -0.0382. The lowest BCUT2D eigenvalue weighted by atomic mass is 9.74. The molecule has 0 aliphatic heterocycles. The highest BCUT2D eigenvalue weighted by atomic mass is 16.5. The molecule has 17 heavy (non-hydrogen) atoms. The highest BCUT2D eigenvalue weighted by Crippen LogP contribution is 2.38. The molecule has 96 valence electrons. The van der Waals surface area contributed by atoms with Crippen LogP contribution in [-0.4, -0.2) is 12.6 Å². The standard InChI is InChI=1S/C15H24O2/c1-3-5-10-15(11-8-7-9-12-15)14(16)17-13-6-4-2/h3,5,10H,1,4,6-9,11-13H2,2H3. The zero-order chi connectivity index (χ0) is 12.6. The number of rotatable bonds is 6. The van der Waals surface area contributed by atoms with Crippen LogP contribution in [0.3, 0.4) is 0 Å². The van der Waals surface area contributed by atoms with Gasteiger partial charge in [0.15, 0.2) is 0 Å². The Bertz CT molecular complexity index is 273. The smallest absolute Gasteiger partial charge is 0.315 e. The van der Waals surface area contributed by atoms with E-state index in [9.17, 15) is 4.79 Å². The van der Waals surface area contributed by atoms with E-state index in [2.05, 4.69) is 13.5 Å². The summed E-state index contributed by atoms with van der Waals surface area (Å²) in [5, 5.41) is 0. The lowest BCUT2D eigenvalue weighted by Crippen LogP contribution is -2.33.